The van der Waals surface area contributed by atoms with Crippen LogP contribution in [0.15, 0.2) is 36.4 Å². The summed E-state index contributed by atoms with van der Waals surface area (Å²) in [6.45, 7) is 0.579. The Morgan fingerprint density at radius 2 is 2.00 bits per heavy atom. The van der Waals surface area contributed by atoms with Gasteiger partial charge in [0, 0.05) is 12.1 Å². The predicted octanol–water partition coefficient (Wildman–Crippen LogP) is 1.79. The average Bonchev–Trinajstić information content (AvgIpc) is 3.18. The summed E-state index contributed by atoms with van der Waals surface area (Å²) in [5.41, 5.74) is 0.554. The molecule has 0 saturated heterocycles. The van der Waals surface area contributed by atoms with Crippen LogP contribution in [0.25, 0.3) is 0 Å². The molecule has 124 valence electrons. The van der Waals surface area contributed by atoms with Gasteiger partial charge in [0.2, 0.25) is 0 Å². The van der Waals surface area contributed by atoms with Crippen molar-refractivity contribution in [1.82, 2.24) is 5.32 Å². The molecule has 1 aromatic rings. The van der Waals surface area contributed by atoms with Crippen LogP contribution in [-0.4, -0.2) is 34.3 Å². The molecular weight excluding hydrogens is 296 g/mol. The van der Waals surface area contributed by atoms with Crippen molar-refractivity contribution in [2.45, 2.75) is 25.0 Å². The number of nitro benzene ring substituents is 1. The van der Waals surface area contributed by atoms with Crippen LogP contribution in [0.2, 0.25) is 0 Å². The Morgan fingerprint density at radius 1 is 1.26 bits per heavy atom. The number of hydrogen-bond acceptors (Lipinski definition) is 5. The van der Waals surface area contributed by atoms with Gasteiger partial charge in [-0.2, -0.15) is 0 Å². The van der Waals surface area contributed by atoms with Gasteiger partial charge < -0.3 is 15.5 Å². The summed E-state index contributed by atoms with van der Waals surface area (Å²) in [5, 5.41) is 33.9. The van der Waals surface area contributed by atoms with Crippen molar-refractivity contribution in [3.8, 4) is 0 Å². The summed E-state index contributed by atoms with van der Waals surface area (Å²) >= 11 is 0. The van der Waals surface area contributed by atoms with E-state index in [1.807, 2.05) is 0 Å². The Hall–Kier alpha value is -1.76. The molecule has 3 rings (SSSR count). The van der Waals surface area contributed by atoms with Crippen LogP contribution in [0, 0.1) is 27.9 Å². The van der Waals surface area contributed by atoms with Gasteiger partial charge in [0.05, 0.1) is 23.7 Å². The molecule has 0 unspecified atom stereocenters. The van der Waals surface area contributed by atoms with Crippen LogP contribution in [0.5, 0.6) is 0 Å². The molecule has 1 fully saturated rings. The topological polar surface area (TPSA) is 95.6 Å². The van der Waals surface area contributed by atoms with Gasteiger partial charge >= 0.3 is 0 Å². The maximum Gasteiger partial charge on any atom is 0.269 e. The predicted molar refractivity (Wildman–Crippen MR) is 85.8 cm³/mol. The van der Waals surface area contributed by atoms with E-state index >= 15 is 0 Å². The number of non-ortho nitro benzene ring substituents is 1. The first kappa shape index (κ1) is 16.1. The van der Waals surface area contributed by atoms with E-state index in [-0.39, 0.29) is 12.3 Å². The van der Waals surface area contributed by atoms with Gasteiger partial charge in [-0.3, -0.25) is 10.1 Å². The lowest BCUT2D eigenvalue weighted by Crippen LogP contribution is -2.41. The third-order valence-corrected chi connectivity index (χ3v) is 5.08. The normalized spacial score (nSPS) is 28.0. The number of hydrogen-bond donors (Lipinski definition) is 3. The van der Waals surface area contributed by atoms with Gasteiger partial charge in [0.25, 0.3) is 5.69 Å². The van der Waals surface area contributed by atoms with Crippen molar-refractivity contribution in [3.05, 3.63) is 52.1 Å². The van der Waals surface area contributed by atoms with Crippen LogP contribution in [0.3, 0.4) is 0 Å². The maximum atomic E-state index is 10.7. The lowest BCUT2D eigenvalue weighted by Gasteiger charge is -2.26. The van der Waals surface area contributed by atoms with Gasteiger partial charge in [-0.05, 0) is 54.8 Å². The number of nitro groups is 1. The fourth-order valence-corrected chi connectivity index (χ4v) is 3.73. The van der Waals surface area contributed by atoms with Gasteiger partial charge in [-0.1, -0.05) is 12.2 Å². The Labute approximate surface area is 135 Å². The monoisotopic (exact) mass is 318 g/mol. The van der Waals surface area contributed by atoms with Crippen LogP contribution in [0.1, 0.15) is 24.5 Å². The Kier molecular flexibility index (Phi) is 4.75. The summed E-state index contributed by atoms with van der Waals surface area (Å²) in [5.74, 6) is 1.87. The van der Waals surface area contributed by atoms with Gasteiger partial charge in [-0.15, -0.1) is 0 Å². The molecule has 0 heterocycles. The third kappa shape index (κ3) is 3.44. The summed E-state index contributed by atoms with van der Waals surface area (Å²) in [6, 6.07) is 5.34. The highest BCUT2D eigenvalue weighted by Crippen LogP contribution is 2.43. The summed E-state index contributed by atoms with van der Waals surface area (Å²) in [4.78, 5) is 10.2. The smallest absolute Gasteiger partial charge is 0.269 e. The highest BCUT2D eigenvalue weighted by atomic mass is 16.6. The van der Waals surface area contributed by atoms with Crippen molar-refractivity contribution in [3.63, 3.8) is 0 Å². The van der Waals surface area contributed by atoms with Crippen molar-refractivity contribution < 1.29 is 15.1 Å². The van der Waals surface area contributed by atoms with E-state index in [0.29, 0.717) is 23.3 Å². The van der Waals surface area contributed by atoms with Gasteiger partial charge in [0.15, 0.2) is 0 Å². The molecule has 0 aromatic heterocycles. The fraction of sp³-hybridized carbons (Fsp3) is 0.529. The maximum absolute atomic E-state index is 10.7. The van der Waals surface area contributed by atoms with Crippen molar-refractivity contribution in [1.29, 1.82) is 0 Å². The Bertz CT molecular complexity index is 587. The van der Waals surface area contributed by atoms with E-state index in [2.05, 4.69) is 17.5 Å². The Balaban J connectivity index is 1.58. The van der Waals surface area contributed by atoms with Gasteiger partial charge in [0.1, 0.15) is 0 Å². The summed E-state index contributed by atoms with van der Waals surface area (Å²) < 4.78 is 0. The molecule has 2 aliphatic carbocycles. The van der Waals surface area contributed by atoms with E-state index in [9.17, 15) is 20.3 Å². The molecule has 6 nitrogen and oxygen atoms in total. The minimum absolute atomic E-state index is 0.0109. The number of nitrogens with one attached hydrogen (secondary N) is 1. The highest BCUT2D eigenvalue weighted by Gasteiger charge is 2.35. The SMILES string of the molecule is O=[N+]([O-])c1ccc([C@H](O)[C@@H](CO)NC[C@@H]2C[C@H]3C=C[C@H]2C3)cc1. The second-order valence-electron chi connectivity index (χ2n) is 6.53. The third-order valence-electron chi connectivity index (χ3n) is 5.08. The van der Waals surface area contributed by atoms with Crippen LogP contribution in [-0.2, 0) is 0 Å². The van der Waals surface area contributed by atoms with Crippen molar-refractivity contribution >= 4 is 5.69 Å². The molecule has 0 radical (unpaired) electrons. The molecule has 5 atom stereocenters. The standard InChI is InChI=1S/C17H22N2O4/c20-10-16(18-9-14-8-11-1-2-13(14)7-11)17(21)12-3-5-15(6-4-12)19(22)23/h1-6,11,13-14,16-18,20-21H,7-10H2/t11-,13-,14-,16+,17-/m0/s1. The fourth-order valence-electron chi connectivity index (χ4n) is 3.73. The minimum Gasteiger partial charge on any atom is -0.395 e. The number of nitrogens with zero attached hydrogens (tertiary/aromatic N) is 1. The van der Waals surface area contributed by atoms with Gasteiger partial charge in [-0.25, -0.2) is 0 Å². The number of benzene rings is 1. The summed E-state index contributed by atoms with van der Waals surface area (Å²) in [7, 11) is 0. The molecule has 3 N–H and O–H groups in total. The lowest BCUT2D eigenvalue weighted by molar-refractivity contribution is -0.384. The van der Waals surface area contributed by atoms with Crippen LogP contribution < -0.4 is 5.32 Å². The number of aliphatic hydroxyl groups excluding tert-OH is 2. The number of fused-ring (bicyclic) bond motifs is 2. The van der Waals surface area contributed by atoms with Crippen LogP contribution >= 0.6 is 0 Å². The first-order valence-corrected chi connectivity index (χ1v) is 8.03. The molecule has 2 bridgehead atoms. The second kappa shape index (κ2) is 6.78. The zero-order valence-corrected chi connectivity index (χ0v) is 12.8. The first-order valence-electron chi connectivity index (χ1n) is 8.03. The molecule has 0 amide bonds. The van der Waals surface area contributed by atoms with E-state index in [1.165, 1.54) is 37.1 Å². The first-order chi connectivity index (χ1) is 11.1. The molecule has 1 aromatic carbocycles. The molecule has 23 heavy (non-hydrogen) atoms. The largest absolute Gasteiger partial charge is 0.395 e. The molecule has 2 aliphatic rings. The molecule has 0 spiro atoms. The molecular formula is C17H22N2O4. The minimum atomic E-state index is -0.894. The van der Waals surface area contributed by atoms with Crippen molar-refractivity contribution in [2.75, 3.05) is 13.2 Å². The summed E-state index contributed by atoms with van der Waals surface area (Å²) in [6.07, 6.45) is 6.06. The van der Waals surface area contributed by atoms with Crippen molar-refractivity contribution in [2.24, 2.45) is 17.8 Å². The number of rotatable bonds is 7. The van der Waals surface area contributed by atoms with E-state index in [4.69, 9.17) is 0 Å². The average molecular weight is 318 g/mol. The van der Waals surface area contributed by atoms with E-state index in [1.54, 1.807) is 0 Å². The van der Waals surface area contributed by atoms with Crippen LogP contribution in [0.4, 0.5) is 5.69 Å². The lowest BCUT2D eigenvalue weighted by atomic mass is 9.93. The number of allylic oxidation sites excluding steroid dienone is 2. The highest BCUT2D eigenvalue weighted by molar-refractivity contribution is 5.34. The second-order valence-corrected chi connectivity index (χ2v) is 6.53. The zero-order valence-electron chi connectivity index (χ0n) is 12.8. The zero-order chi connectivity index (χ0) is 16.4. The van der Waals surface area contributed by atoms with E-state index < -0.39 is 17.1 Å². The quantitative estimate of drug-likeness (QED) is 0.405. The molecule has 1 saturated carbocycles. The molecule has 6 heteroatoms. The number of aliphatic hydroxyl groups is 2. The molecule has 0 aliphatic heterocycles. The van der Waals surface area contributed by atoms with E-state index in [0.717, 1.165) is 6.54 Å². The Morgan fingerprint density at radius 3 is 2.52 bits per heavy atom.